The third-order valence-electron chi connectivity index (χ3n) is 3.67. The van der Waals surface area contributed by atoms with Gasteiger partial charge in [-0.1, -0.05) is 23.7 Å². The van der Waals surface area contributed by atoms with Crippen molar-refractivity contribution in [1.29, 1.82) is 0 Å². The Morgan fingerprint density at radius 2 is 2.13 bits per heavy atom. The molecule has 2 N–H and O–H groups in total. The van der Waals surface area contributed by atoms with Crippen molar-refractivity contribution < 1.29 is 13.9 Å². The van der Waals surface area contributed by atoms with E-state index in [1.807, 2.05) is 29.9 Å². The Hall–Kier alpha value is -2.60. The minimum Gasteiger partial charge on any atom is -0.464 e. The maximum Gasteiger partial charge on any atom is 0.358 e. The highest BCUT2D eigenvalue weighted by atomic mass is 35.5. The van der Waals surface area contributed by atoms with E-state index in [0.29, 0.717) is 5.56 Å². The molecule has 5 nitrogen and oxygen atoms in total. The second-order valence-corrected chi connectivity index (χ2v) is 5.39. The predicted octanol–water partition coefficient (Wildman–Crippen LogP) is 3.40. The zero-order valence-electron chi connectivity index (χ0n) is 12.4. The highest BCUT2D eigenvalue weighted by Gasteiger charge is 2.23. The summed E-state index contributed by atoms with van der Waals surface area (Å²) < 4.78 is 21.1. The number of anilines is 1. The van der Waals surface area contributed by atoms with Crippen LogP contribution in [-0.4, -0.2) is 22.6 Å². The van der Waals surface area contributed by atoms with Crippen LogP contribution in [-0.2, 0) is 11.8 Å². The van der Waals surface area contributed by atoms with Crippen molar-refractivity contribution in [3.05, 3.63) is 47.0 Å². The Kier molecular flexibility index (Phi) is 3.69. The van der Waals surface area contributed by atoms with Crippen molar-refractivity contribution >= 4 is 34.2 Å². The molecule has 0 fully saturated rings. The van der Waals surface area contributed by atoms with Crippen molar-refractivity contribution in [1.82, 2.24) is 9.55 Å². The minimum atomic E-state index is -0.775. The van der Waals surface area contributed by atoms with Crippen LogP contribution in [0.5, 0.6) is 0 Å². The summed E-state index contributed by atoms with van der Waals surface area (Å²) in [4.78, 5) is 15.9. The van der Waals surface area contributed by atoms with Gasteiger partial charge >= 0.3 is 5.97 Å². The predicted molar refractivity (Wildman–Crippen MR) is 86.9 cm³/mol. The largest absolute Gasteiger partial charge is 0.464 e. The second-order valence-electron chi connectivity index (χ2n) is 5.01. The first kappa shape index (κ1) is 15.3. The Balaban J connectivity index is 2.35. The molecule has 2 heterocycles. The van der Waals surface area contributed by atoms with Crippen LogP contribution >= 0.6 is 11.6 Å². The fourth-order valence-corrected chi connectivity index (χ4v) is 2.68. The number of nitrogens with zero attached hydrogens (tertiary/aromatic N) is 2. The van der Waals surface area contributed by atoms with Gasteiger partial charge in [-0.05, 0) is 12.1 Å². The number of nitrogen functional groups attached to an aromatic ring is 1. The van der Waals surface area contributed by atoms with Gasteiger partial charge in [0.15, 0.2) is 11.5 Å². The van der Waals surface area contributed by atoms with E-state index in [-0.39, 0.29) is 22.1 Å². The summed E-state index contributed by atoms with van der Waals surface area (Å²) in [6, 6.07) is 7.23. The molecule has 0 aliphatic carbocycles. The highest BCUT2D eigenvalue weighted by molar-refractivity contribution is 6.35. The van der Waals surface area contributed by atoms with Crippen molar-refractivity contribution in [2.24, 2.45) is 7.05 Å². The van der Waals surface area contributed by atoms with E-state index in [1.54, 1.807) is 12.1 Å². The van der Waals surface area contributed by atoms with E-state index in [2.05, 4.69) is 9.72 Å². The Labute approximate surface area is 136 Å². The zero-order valence-corrected chi connectivity index (χ0v) is 13.2. The minimum absolute atomic E-state index is 0.0379. The molecule has 3 rings (SSSR count). The standard InChI is InChI=1S/C16H13ClFN3O2/c1-21-7-6-8-9(4-3-5-10(8)21)14-12(18)13(19)11(17)15(20-14)16(22)23-2/h3-7H,1-2H3,(H2,19,20). The van der Waals surface area contributed by atoms with E-state index in [4.69, 9.17) is 17.3 Å². The highest BCUT2D eigenvalue weighted by Crippen LogP contribution is 2.35. The summed E-state index contributed by atoms with van der Waals surface area (Å²) in [6.45, 7) is 0. The van der Waals surface area contributed by atoms with Crippen LogP contribution in [0.15, 0.2) is 30.5 Å². The Morgan fingerprint density at radius 1 is 1.39 bits per heavy atom. The number of fused-ring (bicyclic) bond motifs is 1. The van der Waals surface area contributed by atoms with Crippen LogP contribution in [0, 0.1) is 5.82 Å². The zero-order chi connectivity index (χ0) is 16.7. The number of carbonyl (C=O) groups excluding carboxylic acids is 1. The molecule has 7 heteroatoms. The van der Waals surface area contributed by atoms with Crippen LogP contribution in [0.2, 0.25) is 5.02 Å². The van der Waals surface area contributed by atoms with Gasteiger partial charge in [0.1, 0.15) is 5.69 Å². The van der Waals surface area contributed by atoms with E-state index in [1.165, 1.54) is 7.11 Å². The van der Waals surface area contributed by atoms with Crippen LogP contribution in [0.25, 0.3) is 22.2 Å². The van der Waals surface area contributed by atoms with Gasteiger partial charge in [0, 0.05) is 29.7 Å². The number of pyridine rings is 1. The molecule has 0 saturated heterocycles. The van der Waals surface area contributed by atoms with E-state index < -0.39 is 11.8 Å². The molecular weight excluding hydrogens is 321 g/mol. The van der Waals surface area contributed by atoms with Crippen LogP contribution < -0.4 is 5.73 Å². The third kappa shape index (κ3) is 2.31. The van der Waals surface area contributed by atoms with E-state index in [0.717, 1.165) is 10.9 Å². The first-order valence-corrected chi connectivity index (χ1v) is 7.10. The summed E-state index contributed by atoms with van der Waals surface area (Å²) in [7, 11) is 3.07. The lowest BCUT2D eigenvalue weighted by molar-refractivity contribution is 0.0594. The van der Waals surface area contributed by atoms with Gasteiger partial charge in [-0.25, -0.2) is 14.2 Å². The molecule has 0 unspecified atom stereocenters. The fraction of sp³-hybridized carbons (Fsp3) is 0.125. The summed E-state index contributed by atoms with van der Waals surface area (Å²) in [6.07, 6.45) is 1.85. The number of hydrogen-bond acceptors (Lipinski definition) is 4. The topological polar surface area (TPSA) is 70.1 Å². The lowest BCUT2D eigenvalue weighted by Crippen LogP contribution is -2.10. The number of halogens is 2. The summed E-state index contributed by atoms with van der Waals surface area (Å²) in [5.74, 6) is -1.54. The molecule has 0 aliphatic rings. The van der Waals surface area contributed by atoms with E-state index in [9.17, 15) is 9.18 Å². The molecule has 3 aromatic rings. The number of ether oxygens (including phenoxy) is 1. The summed E-state index contributed by atoms with van der Waals surface area (Å²) >= 11 is 5.92. The molecule has 0 radical (unpaired) electrons. The Bertz CT molecular complexity index is 937. The molecule has 0 aliphatic heterocycles. The number of methoxy groups -OCH3 is 1. The van der Waals surface area contributed by atoms with Crippen LogP contribution in [0.1, 0.15) is 10.5 Å². The van der Waals surface area contributed by atoms with Gasteiger partial charge in [0.2, 0.25) is 0 Å². The van der Waals surface area contributed by atoms with Gasteiger partial charge in [-0.15, -0.1) is 0 Å². The second kappa shape index (κ2) is 5.55. The van der Waals surface area contributed by atoms with E-state index >= 15 is 0 Å². The number of nitrogens with two attached hydrogens (primary N) is 1. The maximum absolute atomic E-state index is 14.6. The fourth-order valence-electron chi connectivity index (χ4n) is 2.48. The molecule has 1 aromatic carbocycles. The van der Waals surface area contributed by atoms with Crippen molar-refractivity contribution in [2.75, 3.05) is 12.8 Å². The summed E-state index contributed by atoms with van der Waals surface area (Å²) in [5.41, 5.74) is 6.55. The van der Waals surface area contributed by atoms with Crippen molar-refractivity contribution in [3.8, 4) is 11.3 Å². The normalized spacial score (nSPS) is 11.0. The molecule has 23 heavy (non-hydrogen) atoms. The summed E-state index contributed by atoms with van der Waals surface area (Å²) in [5, 5.41) is 0.539. The first-order chi connectivity index (χ1) is 11.0. The number of aryl methyl sites for hydroxylation is 1. The lowest BCUT2D eigenvalue weighted by atomic mass is 10.0. The van der Waals surface area contributed by atoms with Gasteiger partial charge in [0.25, 0.3) is 0 Å². The average molecular weight is 334 g/mol. The number of benzene rings is 1. The van der Waals surface area contributed by atoms with Gasteiger partial charge < -0.3 is 15.0 Å². The number of carbonyl (C=O) groups is 1. The average Bonchev–Trinajstić information content (AvgIpc) is 2.94. The molecule has 0 bridgehead atoms. The third-order valence-corrected chi connectivity index (χ3v) is 4.06. The van der Waals surface area contributed by atoms with Crippen molar-refractivity contribution in [3.63, 3.8) is 0 Å². The van der Waals surface area contributed by atoms with Crippen LogP contribution in [0.3, 0.4) is 0 Å². The molecule has 2 aromatic heterocycles. The molecule has 0 atom stereocenters. The van der Waals surface area contributed by atoms with Crippen LogP contribution in [0.4, 0.5) is 10.1 Å². The molecule has 0 saturated carbocycles. The van der Waals surface area contributed by atoms with Gasteiger partial charge in [-0.2, -0.15) is 0 Å². The van der Waals surface area contributed by atoms with Gasteiger partial charge in [0.05, 0.1) is 17.8 Å². The first-order valence-electron chi connectivity index (χ1n) is 6.73. The molecule has 0 spiro atoms. The number of rotatable bonds is 2. The SMILES string of the molecule is COC(=O)c1nc(-c2cccc3c2ccn3C)c(F)c(N)c1Cl. The quantitative estimate of drug-likeness (QED) is 0.730. The number of esters is 1. The molecular formula is C16H13ClFN3O2. The monoisotopic (exact) mass is 333 g/mol. The number of hydrogen-bond donors (Lipinski definition) is 1. The van der Waals surface area contributed by atoms with Crippen molar-refractivity contribution in [2.45, 2.75) is 0 Å². The lowest BCUT2D eigenvalue weighted by Gasteiger charge is -2.11. The maximum atomic E-state index is 14.6. The molecule has 0 amide bonds. The molecule has 118 valence electrons. The Morgan fingerprint density at radius 3 is 2.83 bits per heavy atom. The smallest absolute Gasteiger partial charge is 0.358 e. The number of aromatic nitrogens is 2. The van der Waals surface area contributed by atoms with Gasteiger partial charge in [-0.3, -0.25) is 0 Å².